The van der Waals surface area contributed by atoms with Crippen LogP contribution in [0.4, 0.5) is 0 Å². The SMILES string of the molecule is Cc1occc1C(=O)C(C#N)=Cc1cnn(C)c1. The molecule has 18 heavy (non-hydrogen) atoms. The summed E-state index contributed by atoms with van der Waals surface area (Å²) in [6.07, 6.45) is 6.27. The average Bonchev–Trinajstić information content (AvgIpc) is 2.94. The monoisotopic (exact) mass is 241 g/mol. The first-order valence-electron chi connectivity index (χ1n) is 5.31. The van der Waals surface area contributed by atoms with Gasteiger partial charge in [-0.25, -0.2) is 0 Å². The smallest absolute Gasteiger partial charge is 0.207 e. The number of ketones is 1. The minimum Gasteiger partial charge on any atom is -0.469 e. The van der Waals surface area contributed by atoms with Gasteiger partial charge in [0.05, 0.1) is 18.0 Å². The molecule has 0 aliphatic heterocycles. The first-order valence-corrected chi connectivity index (χ1v) is 5.31. The number of furan rings is 1. The van der Waals surface area contributed by atoms with Crippen molar-refractivity contribution in [2.24, 2.45) is 7.05 Å². The predicted octanol–water partition coefficient (Wildman–Crippen LogP) is 2.11. The molecule has 5 heteroatoms. The third-order valence-electron chi connectivity index (χ3n) is 2.50. The summed E-state index contributed by atoms with van der Waals surface area (Å²) < 4.78 is 6.67. The molecule has 2 aromatic rings. The molecule has 0 unspecified atom stereocenters. The van der Waals surface area contributed by atoms with Gasteiger partial charge in [0.1, 0.15) is 17.4 Å². The van der Waals surface area contributed by atoms with Crippen molar-refractivity contribution < 1.29 is 9.21 Å². The molecule has 0 spiro atoms. The standard InChI is InChI=1S/C13H11N3O2/c1-9-12(3-4-18-9)13(17)11(6-14)5-10-7-15-16(2)8-10/h3-5,7-8H,1-2H3. The summed E-state index contributed by atoms with van der Waals surface area (Å²) in [5.41, 5.74) is 1.18. The minimum absolute atomic E-state index is 0.0625. The van der Waals surface area contributed by atoms with Crippen LogP contribution in [0.15, 0.2) is 34.7 Å². The first kappa shape index (κ1) is 11.9. The molecule has 0 radical (unpaired) electrons. The Morgan fingerprint density at radius 1 is 1.61 bits per heavy atom. The Labute approximate surface area is 104 Å². The number of nitrogens with zero attached hydrogens (tertiary/aromatic N) is 3. The van der Waals surface area contributed by atoms with E-state index < -0.39 is 0 Å². The fourth-order valence-corrected chi connectivity index (χ4v) is 1.60. The van der Waals surface area contributed by atoms with Crippen molar-refractivity contribution in [2.45, 2.75) is 6.92 Å². The zero-order valence-electron chi connectivity index (χ0n) is 10.0. The second-order valence-corrected chi connectivity index (χ2v) is 3.84. The molecule has 5 nitrogen and oxygen atoms in total. The van der Waals surface area contributed by atoms with Crippen molar-refractivity contribution in [1.29, 1.82) is 5.26 Å². The Hall–Kier alpha value is -2.61. The van der Waals surface area contributed by atoms with Gasteiger partial charge >= 0.3 is 0 Å². The number of carbonyl (C=O) groups excluding carboxylic acids is 1. The lowest BCUT2D eigenvalue weighted by molar-refractivity contribution is 0.103. The fraction of sp³-hybridized carbons (Fsp3) is 0.154. The van der Waals surface area contributed by atoms with Gasteiger partial charge < -0.3 is 4.42 Å². The van der Waals surface area contributed by atoms with E-state index in [1.165, 1.54) is 12.3 Å². The highest BCUT2D eigenvalue weighted by Gasteiger charge is 2.16. The lowest BCUT2D eigenvalue weighted by Crippen LogP contribution is -2.01. The van der Waals surface area contributed by atoms with Gasteiger partial charge in [0.25, 0.3) is 0 Å². The second-order valence-electron chi connectivity index (χ2n) is 3.84. The van der Waals surface area contributed by atoms with E-state index in [0.29, 0.717) is 16.9 Å². The van der Waals surface area contributed by atoms with Crippen molar-refractivity contribution in [3.8, 4) is 6.07 Å². The van der Waals surface area contributed by atoms with Gasteiger partial charge in [-0.15, -0.1) is 0 Å². The Morgan fingerprint density at radius 2 is 2.39 bits per heavy atom. The van der Waals surface area contributed by atoms with E-state index in [2.05, 4.69) is 5.10 Å². The number of hydrogen-bond donors (Lipinski definition) is 0. The third kappa shape index (κ3) is 2.23. The third-order valence-corrected chi connectivity index (χ3v) is 2.50. The number of aromatic nitrogens is 2. The predicted molar refractivity (Wildman–Crippen MR) is 64.6 cm³/mol. The number of Topliss-reactive ketones (excluding diaryl/α,β-unsaturated/α-hetero) is 1. The van der Waals surface area contributed by atoms with Crippen LogP contribution in [-0.4, -0.2) is 15.6 Å². The van der Waals surface area contributed by atoms with Crippen LogP contribution in [-0.2, 0) is 7.05 Å². The molecule has 2 heterocycles. The Kier molecular flexibility index (Phi) is 3.11. The number of carbonyl (C=O) groups is 1. The van der Waals surface area contributed by atoms with Gasteiger partial charge in [-0.3, -0.25) is 9.48 Å². The van der Waals surface area contributed by atoms with Crippen molar-refractivity contribution in [1.82, 2.24) is 9.78 Å². The second kappa shape index (κ2) is 4.72. The van der Waals surface area contributed by atoms with Crippen LogP contribution in [0, 0.1) is 18.3 Å². The largest absolute Gasteiger partial charge is 0.469 e. The molecule has 0 saturated carbocycles. The molecule has 0 N–H and O–H groups in total. The highest BCUT2D eigenvalue weighted by molar-refractivity contribution is 6.14. The lowest BCUT2D eigenvalue weighted by atomic mass is 10.0. The summed E-state index contributed by atoms with van der Waals surface area (Å²) in [5.74, 6) is 0.167. The van der Waals surface area contributed by atoms with E-state index in [9.17, 15) is 4.79 Å². The van der Waals surface area contributed by atoms with Gasteiger partial charge in [0.2, 0.25) is 5.78 Å². The van der Waals surface area contributed by atoms with Crippen molar-refractivity contribution in [2.75, 3.05) is 0 Å². The maximum Gasteiger partial charge on any atom is 0.207 e. The molecule has 0 saturated heterocycles. The quantitative estimate of drug-likeness (QED) is 0.468. The molecular formula is C13H11N3O2. The van der Waals surface area contributed by atoms with Gasteiger partial charge in [-0.1, -0.05) is 0 Å². The average molecular weight is 241 g/mol. The zero-order valence-corrected chi connectivity index (χ0v) is 10.0. The molecule has 0 amide bonds. The molecule has 2 rings (SSSR count). The van der Waals surface area contributed by atoms with Gasteiger partial charge in [-0.05, 0) is 19.1 Å². The molecule has 0 aromatic carbocycles. The topological polar surface area (TPSA) is 71.8 Å². The number of hydrogen-bond acceptors (Lipinski definition) is 4. The van der Waals surface area contributed by atoms with Gasteiger partial charge in [0, 0.05) is 18.8 Å². The van der Waals surface area contributed by atoms with Crippen LogP contribution in [0.5, 0.6) is 0 Å². The number of allylic oxidation sites excluding steroid dienone is 1. The summed E-state index contributed by atoms with van der Waals surface area (Å²) in [7, 11) is 1.77. The van der Waals surface area contributed by atoms with Gasteiger partial charge in [0.15, 0.2) is 0 Å². The number of aryl methyl sites for hydroxylation is 2. The molecular weight excluding hydrogens is 230 g/mol. The molecule has 0 atom stereocenters. The van der Waals surface area contributed by atoms with Crippen molar-refractivity contribution >= 4 is 11.9 Å². The Bertz CT molecular complexity index is 656. The maximum absolute atomic E-state index is 12.1. The van der Waals surface area contributed by atoms with E-state index in [1.807, 2.05) is 6.07 Å². The zero-order chi connectivity index (χ0) is 13.1. The number of nitriles is 1. The van der Waals surface area contributed by atoms with Crippen LogP contribution in [0.3, 0.4) is 0 Å². The lowest BCUT2D eigenvalue weighted by Gasteiger charge is -1.96. The first-order chi connectivity index (χ1) is 8.61. The van der Waals surface area contributed by atoms with Gasteiger partial charge in [-0.2, -0.15) is 10.4 Å². The van der Waals surface area contributed by atoms with E-state index in [1.54, 1.807) is 37.1 Å². The number of rotatable bonds is 3. The highest BCUT2D eigenvalue weighted by atomic mass is 16.3. The fourth-order valence-electron chi connectivity index (χ4n) is 1.60. The molecule has 90 valence electrons. The summed E-state index contributed by atoms with van der Waals surface area (Å²) >= 11 is 0. The normalized spacial score (nSPS) is 11.3. The van der Waals surface area contributed by atoms with Crippen LogP contribution in [0.2, 0.25) is 0 Å². The minimum atomic E-state index is -0.340. The maximum atomic E-state index is 12.1. The van der Waals surface area contributed by atoms with E-state index in [4.69, 9.17) is 9.68 Å². The van der Waals surface area contributed by atoms with E-state index >= 15 is 0 Å². The highest BCUT2D eigenvalue weighted by Crippen LogP contribution is 2.16. The molecule has 2 aromatic heterocycles. The summed E-state index contributed by atoms with van der Waals surface area (Å²) in [4.78, 5) is 12.1. The Morgan fingerprint density at radius 3 is 2.89 bits per heavy atom. The van der Waals surface area contributed by atoms with E-state index in [0.717, 1.165) is 0 Å². The van der Waals surface area contributed by atoms with Crippen LogP contribution in [0.25, 0.3) is 6.08 Å². The van der Waals surface area contributed by atoms with Crippen LogP contribution < -0.4 is 0 Å². The summed E-state index contributed by atoms with van der Waals surface area (Å²) in [5, 5.41) is 13.0. The van der Waals surface area contributed by atoms with Crippen LogP contribution >= 0.6 is 0 Å². The van der Waals surface area contributed by atoms with Crippen LogP contribution in [0.1, 0.15) is 21.7 Å². The molecule has 0 aliphatic carbocycles. The summed E-state index contributed by atoms with van der Waals surface area (Å²) in [6, 6.07) is 3.47. The Balaban J connectivity index is 2.36. The molecule has 0 fully saturated rings. The molecule has 0 bridgehead atoms. The summed E-state index contributed by atoms with van der Waals surface area (Å²) in [6.45, 7) is 1.69. The van der Waals surface area contributed by atoms with E-state index in [-0.39, 0.29) is 11.4 Å². The van der Waals surface area contributed by atoms with Crippen molar-refractivity contribution in [3.63, 3.8) is 0 Å². The molecule has 0 aliphatic rings. The van der Waals surface area contributed by atoms with Crippen molar-refractivity contribution in [3.05, 3.63) is 47.2 Å².